The lowest BCUT2D eigenvalue weighted by molar-refractivity contribution is 0.173. The summed E-state index contributed by atoms with van der Waals surface area (Å²) in [6.45, 7) is 1.96. The highest BCUT2D eigenvalue weighted by Crippen LogP contribution is 2.18. The zero-order valence-electron chi connectivity index (χ0n) is 7.67. The van der Waals surface area contributed by atoms with Crippen molar-refractivity contribution in [3.05, 3.63) is 33.2 Å². The van der Waals surface area contributed by atoms with E-state index in [1.54, 1.807) is 11.3 Å². The Kier molecular flexibility index (Phi) is 2.90. The van der Waals surface area contributed by atoms with Crippen molar-refractivity contribution in [2.45, 2.75) is 19.4 Å². The van der Waals surface area contributed by atoms with Gasteiger partial charge in [0.25, 0.3) is 0 Å². The molecule has 1 unspecified atom stereocenters. The zero-order valence-corrected chi connectivity index (χ0v) is 9.31. The molecule has 0 saturated carbocycles. The van der Waals surface area contributed by atoms with Crippen molar-refractivity contribution >= 4 is 22.9 Å². The van der Waals surface area contributed by atoms with Crippen molar-refractivity contribution in [3.8, 4) is 0 Å². The van der Waals surface area contributed by atoms with Crippen LogP contribution in [-0.4, -0.2) is 14.5 Å². The van der Waals surface area contributed by atoms with E-state index < -0.39 is 6.10 Å². The second kappa shape index (κ2) is 4.16. The highest BCUT2D eigenvalue weighted by Gasteiger charge is 2.11. The molecule has 0 spiro atoms. The minimum Gasteiger partial charge on any atom is -0.386 e. The van der Waals surface area contributed by atoms with Crippen LogP contribution in [0.1, 0.15) is 22.5 Å². The van der Waals surface area contributed by atoms with E-state index in [1.165, 1.54) is 11.5 Å². The summed E-state index contributed by atoms with van der Waals surface area (Å²) in [6, 6.07) is 1.84. The van der Waals surface area contributed by atoms with Crippen molar-refractivity contribution in [3.63, 3.8) is 0 Å². The first-order valence-electron chi connectivity index (χ1n) is 4.25. The molecule has 0 aliphatic carbocycles. The Morgan fingerprint density at radius 1 is 1.57 bits per heavy atom. The molecule has 1 N–H and O–H groups in total. The summed E-state index contributed by atoms with van der Waals surface area (Å²) in [4.78, 5) is 4.29. The Hall–Kier alpha value is -0.780. The first-order chi connectivity index (χ1) is 6.75. The Labute approximate surface area is 90.2 Å². The molecule has 2 rings (SSSR count). The topological polar surface area (TPSA) is 46.0 Å². The molecular weight excluding hydrogens is 216 g/mol. The van der Waals surface area contributed by atoms with Gasteiger partial charge < -0.3 is 5.11 Å². The lowest BCUT2D eigenvalue weighted by Gasteiger charge is -2.04. The van der Waals surface area contributed by atoms with E-state index in [1.807, 2.05) is 23.8 Å². The zero-order chi connectivity index (χ0) is 9.97. The fraction of sp³-hybridized carbons (Fsp3) is 0.333. The summed E-state index contributed by atoms with van der Waals surface area (Å²) >= 11 is 2.96. The van der Waals surface area contributed by atoms with Gasteiger partial charge in [-0.2, -0.15) is 4.37 Å². The highest BCUT2D eigenvalue weighted by molar-refractivity contribution is 7.09. The van der Waals surface area contributed by atoms with E-state index in [9.17, 15) is 5.11 Å². The maximum Gasteiger partial charge on any atom is 0.103 e. The minimum absolute atomic E-state index is 0.525. The lowest BCUT2D eigenvalue weighted by atomic mass is 10.1. The highest BCUT2D eigenvalue weighted by atomic mass is 32.1. The van der Waals surface area contributed by atoms with E-state index in [4.69, 9.17) is 0 Å². The summed E-state index contributed by atoms with van der Waals surface area (Å²) in [7, 11) is 0. The summed E-state index contributed by atoms with van der Waals surface area (Å²) in [6.07, 6.45) is 0.0244. The van der Waals surface area contributed by atoms with Crippen LogP contribution in [0.5, 0.6) is 0 Å². The molecule has 0 saturated heterocycles. The van der Waals surface area contributed by atoms with Crippen LogP contribution in [0.25, 0.3) is 0 Å². The van der Waals surface area contributed by atoms with Gasteiger partial charge in [0.1, 0.15) is 6.10 Å². The third-order valence-corrected chi connectivity index (χ3v) is 3.26. The average molecular weight is 226 g/mol. The SMILES string of the molecule is Cc1nc(CC(O)c2ccsn2)cs1. The van der Waals surface area contributed by atoms with Gasteiger partial charge >= 0.3 is 0 Å². The third kappa shape index (κ3) is 2.17. The Bertz CT molecular complexity index is 397. The third-order valence-electron chi connectivity index (χ3n) is 1.87. The summed E-state index contributed by atoms with van der Waals surface area (Å²) < 4.78 is 4.09. The molecule has 0 radical (unpaired) electrons. The molecule has 1 atom stereocenters. The van der Waals surface area contributed by atoms with Gasteiger partial charge in [-0.1, -0.05) is 0 Å². The molecule has 0 aliphatic rings. The molecule has 5 heteroatoms. The molecule has 2 heterocycles. The van der Waals surface area contributed by atoms with Gasteiger partial charge in [0, 0.05) is 17.2 Å². The number of aliphatic hydroxyl groups excluding tert-OH is 1. The van der Waals surface area contributed by atoms with Gasteiger partial charge in [-0.05, 0) is 24.5 Å². The van der Waals surface area contributed by atoms with Gasteiger partial charge in [-0.25, -0.2) is 4.98 Å². The summed E-state index contributed by atoms with van der Waals surface area (Å²) in [5.74, 6) is 0. The lowest BCUT2D eigenvalue weighted by Crippen LogP contribution is -2.02. The normalized spacial score (nSPS) is 13.0. The van der Waals surface area contributed by atoms with E-state index in [0.29, 0.717) is 6.42 Å². The second-order valence-corrected chi connectivity index (χ2v) is 4.73. The van der Waals surface area contributed by atoms with Crippen LogP contribution in [0.15, 0.2) is 16.8 Å². The predicted octanol–water partition coefficient (Wildman–Crippen LogP) is 2.18. The van der Waals surface area contributed by atoms with Gasteiger partial charge in [-0.3, -0.25) is 0 Å². The largest absolute Gasteiger partial charge is 0.386 e. The maximum atomic E-state index is 9.78. The van der Waals surface area contributed by atoms with Crippen molar-refractivity contribution < 1.29 is 5.11 Å². The molecule has 0 fully saturated rings. The second-order valence-electron chi connectivity index (χ2n) is 3.00. The number of aliphatic hydroxyl groups is 1. The number of thiazole rings is 1. The number of hydrogen-bond acceptors (Lipinski definition) is 5. The smallest absolute Gasteiger partial charge is 0.103 e. The minimum atomic E-state index is -0.525. The van der Waals surface area contributed by atoms with E-state index in [2.05, 4.69) is 9.36 Å². The first-order valence-corrected chi connectivity index (χ1v) is 5.96. The van der Waals surface area contributed by atoms with Crippen molar-refractivity contribution in [2.75, 3.05) is 0 Å². The van der Waals surface area contributed by atoms with Gasteiger partial charge in [-0.15, -0.1) is 11.3 Å². The van der Waals surface area contributed by atoms with E-state index >= 15 is 0 Å². The molecule has 2 aromatic heterocycles. The monoisotopic (exact) mass is 226 g/mol. The number of hydrogen-bond donors (Lipinski definition) is 1. The number of rotatable bonds is 3. The Morgan fingerprint density at radius 2 is 2.43 bits per heavy atom. The molecule has 74 valence electrons. The van der Waals surface area contributed by atoms with Crippen LogP contribution in [0.2, 0.25) is 0 Å². The Balaban J connectivity index is 2.05. The number of aryl methyl sites for hydroxylation is 1. The quantitative estimate of drug-likeness (QED) is 0.872. The van der Waals surface area contributed by atoms with E-state index in [0.717, 1.165) is 16.4 Å². The predicted molar refractivity (Wildman–Crippen MR) is 57.6 cm³/mol. The standard InChI is InChI=1S/C9H10N2OS2/c1-6-10-7(5-13-6)4-9(12)8-2-3-14-11-8/h2-3,5,9,12H,4H2,1H3. The van der Waals surface area contributed by atoms with Crippen molar-refractivity contribution in [1.29, 1.82) is 0 Å². The molecule has 3 nitrogen and oxygen atoms in total. The molecular formula is C9H10N2OS2. The van der Waals surface area contributed by atoms with E-state index in [-0.39, 0.29) is 0 Å². The van der Waals surface area contributed by atoms with Crippen LogP contribution in [0.4, 0.5) is 0 Å². The van der Waals surface area contributed by atoms with Gasteiger partial charge in [0.15, 0.2) is 0 Å². The Morgan fingerprint density at radius 3 is 3.00 bits per heavy atom. The molecule has 0 aliphatic heterocycles. The van der Waals surface area contributed by atoms with Gasteiger partial charge in [0.2, 0.25) is 0 Å². The van der Waals surface area contributed by atoms with Crippen LogP contribution in [-0.2, 0) is 6.42 Å². The molecule has 14 heavy (non-hydrogen) atoms. The molecule has 2 aromatic rings. The summed E-state index contributed by atoms with van der Waals surface area (Å²) in [5, 5.41) is 14.7. The van der Waals surface area contributed by atoms with Crippen LogP contribution < -0.4 is 0 Å². The van der Waals surface area contributed by atoms with Gasteiger partial charge in [0.05, 0.1) is 16.4 Å². The molecule has 0 aromatic carbocycles. The van der Waals surface area contributed by atoms with Crippen LogP contribution in [0, 0.1) is 6.92 Å². The van der Waals surface area contributed by atoms with Crippen molar-refractivity contribution in [2.24, 2.45) is 0 Å². The maximum absolute atomic E-state index is 9.78. The molecule has 0 bridgehead atoms. The number of nitrogens with zero attached hydrogens (tertiary/aromatic N) is 2. The van der Waals surface area contributed by atoms with Crippen LogP contribution >= 0.6 is 22.9 Å². The summed E-state index contributed by atoms with van der Waals surface area (Å²) in [5.41, 5.74) is 1.67. The average Bonchev–Trinajstić information content (AvgIpc) is 2.75. The number of aromatic nitrogens is 2. The fourth-order valence-corrected chi connectivity index (χ4v) is 2.39. The van der Waals surface area contributed by atoms with Crippen molar-refractivity contribution in [1.82, 2.24) is 9.36 Å². The fourth-order valence-electron chi connectivity index (χ4n) is 1.20. The first kappa shape index (κ1) is 9.76. The molecule has 0 amide bonds. The van der Waals surface area contributed by atoms with Crippen LogP contribution in [0.3, 0.4) is 0 Å².